The molecule has 0 unspecified atom stereocenters. The Kier molecular flexibility index (Phi) is 7.39. The first-order valence-corrected chi connectivity index (χ1v) is 20.6. The van der Waals surface area contributed by atoms with E-state index in [9.17, 15) is 0 Å². The van der Waals surface area contributed by atoms with Crippen molar-refractivity contribution in [2.75, 3.05) is 4.90 Å². The summed E-state index contributed by atoms with van der Waals surface area (Å²) < 4.78 is 0. The van der Waals surface area contributed by atoms with Gasteiger partial charge in [-0.25, -0.2) is 0 Å². The van der Waals surface area contributed by atoms with Crippen LogP contribution in [0.3, 0.4) is 0 Å². The van der Waals surface area contributed by atoms with Crippen LogP contribution in [0.5, 0.6) is 0 Å². The van der Waals surface area contributed by atoms with Crippen molar-refractivity contribution in [3.8, 4) is 22.5 Å². The molecule has 0 radical (unpaired) electrons. The molecule has 196 valence electrons. The zero-order chi connectivity index (χ0) is 27.6. The third-order valence-electron chi connectivity index (χ3n) is 7.07. The first kappa shape index (κ1) is 26.8. The average molecular weight is 544 g/mol. The van der Waals surface area contributed by atoms with E-state index in [0.717, 1.165) is 39.6 Å². The van der Waals surface area contributed by atoms with Gasteiger partial charge in [-0.2, -0.15) is 0 Å². The Bertz CT molecular complexity index is 1450. The lowest BCUT2D eigenvalue weighted by atomic mass is 10.1. The molecule has 0 spiro atoms. The Hall–Kier alpha value is -3.81. The molecule has 3 aromatic carbocycles. The van der Waals surface area contributed by atoms with Crippen molar-refractivity contribution in [3.63, 3.8) is 0 Å². The quantitative estimate of drug-likeness (QED) is 0.193. The Labute approximate surface area is 235 Å². The van der Waals surface area contributed by atoms with Crippen molar-refractivity contribution < 1.29 is 0 Å². The number of hydrogen-bond acceptors (Lipinski definition) is 3. The molecule has 0 saturated heterocycles. The van der Waals surface area contributed by atoms with Gasteiger partial charge < -0.3 is 4.90 Å². The van der Waals surface area contributed by atoms with Gasteiger partial charge in [0.25, 0.3) is 0 Å². The standard InChI is InChI=1S/C34H37N3Si2/c1-38(2,3)31-18-20-33(35-24-31)26-12-10-16-29(22-26)37(28-14-8-7-9-15-28)30-17-11-13-27(23-30)34-21-19-32(25-36-34)39(4,5)6/h7-25H,1-6H3. The molecule has 2 heterocycles. The maximum Gasteiger partial charge on any atom is 0.0796 e. The Morgan fingerprint density at radius 2 is 0.897 bits per heavy atom. The third kappa shape index (κ3) is 6.10. The molecule has 5 heteroatoms. The van der Waals surface area contributed by atoms with Crippen LogP contribution in [0.1, 0.15) is 0 Å². The van der Waals surface area contributed by atoms with Gasteiger partial charge in [0, 0.05) is 40.6 Å². The summed E-state index contributed by atoms with van der Waals surface area (Å²) >= 11 is 0. The molecule has 0 aliphatic rings. The van der Waals surface area contributed by atoms with Gasteiger partial charge in [-0.1, -0.05) is 93.9 Å². The number of anilines is 3. The highest BCUT2D eigenvalue weighted by molar-refractivity contribution is 6.89. The van der Waals surface area contributed by atoms with Crippen molar-refractivity contribution in [2.45, 2.75) is 39.3 Å². The molecular weight excluding hydrogens is 507 g/mol. The molecule has 5 aromatic rings. The third-order valence-corrected chi connectivity index (χ3v) is 11.1. The summed E-state index contributed by atoms with van der Waals surface area (Å²) in [6.45, 7) is 14.1. The second-order valence-electron chi connectivity index (χ2n) is 12.1. The van der Waals surface area contributed by atoms with Crippen molar-refractivity contribution in [3.05, 3.63) is 116 Å². The minimum Gasteiger partial charge on any atom is -0.310 e. The molecule has 0 N–H and O–H groups in total. The number of nitrogens with zero attached hydrogens (tertiary/aromatic N) is 3. The Balaban J connectivity index is 1.55. The summed E-state index contributed by atoms with van der Waals surface area (Å²) in [5.74, 6) is 0. The molecule has 2 aromatic heterocycles. The summed E-state index contributed by atoms with van der Waals surface area (Å²) in [5.41, 5.74) is 7.49. The second-order valence-corrected chi connectivity index (χ2v) is 22.3. The van der Waals surface area contributed by atoms with E-state index in [1.807, 2.05) is 0 Å². The highest BCUT2D eigenvalue weighted by Gasteiger charge is 2.19. The van der Waals surface area contributed by atoms with E-state index >= 15 is 0 Å². The minimum atomic E-state index is -1.39. The first-order chi connectivity index (χ1) is 18.6. The smallest absolute Gasteiger partial charge is 0.0796 e. The van der Waals surface area contributed by atoms with E-state index in [-0.39, 0.29) is 0 Å². The minimum absolute atomic E-state index is 0.993. The summed E-state index contributed by atoms with van der Waals surface area (Å²) in [4.78, 5) is 12.0. The van der Waals surface area contributed by atoms with Gasteiger partial charge in [0.05, 0.1) is 27.5 Å². The van der Waals surface area contributed by atoms with Crippen LogP contribution in [0.4, 0.5) is 17.1 Å². The average Bonchev–Trinajstić information content (AvgIpc) is 2.93. The van der Waals surface area contributed by atoms with Crippen molar-refractivity contribution in [1.29, 1.82) is 0 Å². The van der Waals surface area contributed by atoms with Crippen LogP contribution in [0.25, 0.3) is 22.5 Å². The molecule has 3 nitrogen and oxygen atoms in total. The Morgan fingerprint density at radius 1 is 0.462 bits per heavy atom. The molecule has 0 amide bonds. The zero-order valence-corrected chi connectivity index (χ0v) is 25.8. The largest absolute Gasteiger partial charge is 0.310 e. The van der Waals surface area contributed by atoms with Gasteiger partial charge >= 0.3 is 0 Å². The van der Waals surface area contributed by atoms with E-state index < -0.39 is 16.1 Å². The second kappa shape index (κ2) is 10.8. The summed E-state index contributed by atoms with van der Waals surface area (Å²) in [7, 11) is -2.79. The molecule has 39 heavy (non-hydrogen) atoms. The highest BCUT2D eigenvalue weighted by Crippen LogP contribution is 2.37. The predicted octanol–water partition coefficient (Wildman–Crippen LogP) is 8.37. The lowest BCUT2D eigenvalue weighted by Crippen LogP contribution is -2.37. The monoisotopic (exact) mass is 543 g/mol. The van der Waals surface area contributed by atoms with Crippen LogP contribution in [-0.2, 0) is 0 Å². The zero-order valence-electron chi connectivity index (χ0n) is 23.8. The van der Waals surface area contributed by atoms with E-state index in [2.05, 4.69) is 160 Å². The van der Waals surface area contributed by atoms with Crippen molar-refractivity contribution >= 4 is 43.6 Å². The number of para-hydroxylation sites is 1. The molecule has 0 atom stereocenters. The van der Waals surface area contributed by atoms with Crippen LogP contribution < -0.4 is 15.3 Å². The fourth-order valence-electron chi connectivity index (χ4n) is 4.65. The van der Waals surface area contributed by atoms with E-state index in [1.165, 1.54) is 10.4 Å². The predicted molar refractivity (Wildman–Crippen MR) is 174 cm³/mol. The summed E-state index contributed by atoms with van der Waals surface area (Å²) in [5, 5.41) is 2.74. The maximum atomic E-state index is 4.85. The van der Waals surface area contributed by atoms with Crippen molar-refractivity contribution in [2.24, 2.45) is 0 Å². The van der Waals surface area contributed by atoms with Gasteiger partial charge in [-0.15, -0.1) is 0 Å². The lowest BCUT2D eigenvalue weighted by Gasteiger charge is -2.26. The first-order valence-electron chi connectivity index (χ1n) is 13.6. The SMILES string of the molecule is C[Si](C)(C)c1ccc(-c2cccc(N(c3ccccc3)c3cccc(-c4ccc([Si](C)(C)C)cn4)c3)c2)nc1. The Morgan fingerprint density at radius 3 is 1.28 bits per heavy atom. The van der Waals surface area contributed by atoms with Crippen LogP contribution in [0.15, 0.2) is 116 Å². The van der Waals surface area contributed by atoms with E-state index in [4.69, 9.17) is 9.97 Å². The highest BCUT2D eigenvalue weighted by atomic mass is 28.3. The van der Waals surface area contributed by atoms with E-state index in [0.29, 0.717) is 0 Å². The number of aromatic nitrogens is 2. The molecular formula is C34H37N3Si2. The normalized spacial score (nSPS) is 11.8. The summed E-state index contributed by atoms with van der Waals surface area (Å²) in [6.07, 6.45) is 4.13. The number of rotatable bonds is 7. The van der Waals surface area contributed by atoms with Gasteiger partial charge in [0.1, 0.15) is 0 Å². The van der Waals surface area contributed by atoms with Crippen LogP contribution in [-0.4, -0.2) is 26.1 Å². The number of benzene rings is 3. The van der Waals surface area contributed by atoms with Gasteiger partial charge in [-0.05, 0) is 58.9 Å². The molecule has 0 fully saturated rings. The van der Waals surface area contributed by atoms with E-state index in [1.54, 1.807) is 0 Å². The van der Waals surface area contributed by atoms with Gasteiger partial charge in [0.2, 0.25) is 0 Å². The van der Waals surface area contributed by atoms with Crippen molar-refractivity contribution in [1.82, 2.24) is 9.97 Å². The molecule has 5 rings (SSSR count). The summed E-state index contributed by atoms with van der Waals surface area (Å²) in [6, 6.07) is 36.7. The van der Waals surface area contributed by atoms with Crippen LogP contribution in [0.2, 0.25) is 39.3 Å². The number of hydrogen-bond donors (Lipinski definition) is 0. The molecule has 0 saturated carbocycles. The lowest BCUT2D eigenvalue weighted by molar-refractivity contribution is 1.27. The maximum absolute atomic E-state index is 4.85. The molecule has 0 aliphatic carbocycles. The van der Waals surface area contributed by atoms with Gasteiger partial charge in [-0.3, -0.25) is 9.97 Å². The van der Waals surface area contributed by atoms with Gasteiger partial charge in [0.15, 0.2) is 0 Å². The molecule has 0 aliphatic heterocycles. The number of pyridine rings is 2. The van der Waals surface area contributed by atoms with Crippen LogP contribution >= 0.6 is 0 Å². The fraction of sp³-hybridized carbons (Fsp3) is 0.176. The topological polar surface area (TPSA) is 29.0 Å². The molecule has 0 bridgehead atoms. The fourth-order valence-corrected chi connectivity index (χ4v) is 6.72. The van der Waals surface area contributed by atoms with Crippen LogP contribution in [0, 0.1) is 0 Å².